The van der Waals surface area contributed by atoms with Crippen molar-refractivity contribution in [2.75, 3.05) is 6.61 Å². The van der Waals surface area contributed by atoms with Crippen LogP contribution in [0.1, 0.15) is 85.0 Å². The second kappa shape index (κ2) is 6.57. The lowest BCUT2D eigenvalue weighted by molar-refractivity contribution is -0.174. The van der Waals surface area contributed by atoms with Gasteiger partial charge in [-0.05, 0) is 80.5 Å². The molecule has 0 aliphatic heterocycles. The van der Waals surface area contributed by atoms with Crippen LogP contribution in [0.3, 0.4) is 0 Å². The molecule has 0 bridgehead atoms. The van der Waals surface area contributed by atoms with Gasteiger partial charge in [0.05, 0.1) is 0 Å². The minimum Gasteiger partial charge on any atom is -0.458 e. The Bertz CT molecular complexity index is 630. The maximum Gasteiger partial charge on any atom is 0.303 e. The summed E-state index contributed by atoms with van der Waals surface area (Å²) in [6, 6.07) is 0. The number of ether oxygens (including phenoxy) is 1. The Morgan fingerprint density at radius 3 is 2.44 bits per heavy atom. The molecule has 27 heavy (non-hydrogen) atoms. The Morgan fingerprint density at radius 2 is 1.70 bits per heavy atom. The Hall–Kier alpha value is -0.900. The van der Waals surface area contributed by atoms with Gasteiger partial charge in [-0.3, -0.25) is 9.59 Å². The maximum atomic E-state index is 12.9. The summed E-state index contributed by atoms with van der Waals surface area (Å²) in [5.74, 6) is 1.93. The van der Waals surface area contributed by atoms with Crippen molar-refractivity contribution in [1.29, 1.82) is 0 Å². The van der Waals surface area contributed by atoms with Crippen LogP contribution >= 0.6 is 0 Å². The smallest absolute Gasteiger partial charge is 0.303 e. The Balaban J connectivity index is 1.58. The van der Waals surface area contributed by atoms with Crippen molar-refractivity contribution in [2.45, 2.75) is 90.6 Å². The zero-order chi connectivity index (χ0) is 19.4. The highest BCUT2D eigenvalue weighted by molar-refractivity contribution is 5.90. The number of hydrogen-bond acceptors (Lipinski definition) is 4. The first-order chi connectivity index (χ1) is 12.7. The third kappa shape index (κ3) is 2.73. The van der Waals surface area contributed by atoms with Crippen LogP contribution < -0.4 is 0 Å². The van der Waals surface area contributed by atoms with Gasteiger partial charge in [-0.2, -0.15) is 0 Å². The van der Waals surface area contributed by atoms with E-state index in [9.17, 15) is 14.7 Å². The van der Waals surface area contributed by atoms with Crippen LogP contribution in [0.5, 0.6) is 0 Å². The summed E-state index contributed by atoms with van der Waals surface area (Å²) < 4.78 is 4.95. The maximum absolute atomic E-state index is 12.9. The zero-order valence-corrected chi connectivity index (χ0v) is 17.3. The monoisotopic (exact) mass is 376 g/mol. The average molecular weight is 377 g/mol. The number of Topliss-reactive ketones (excluding diaryl/α,β-unsaturated/α-hetero) is 1. The molecule has 0 unspecified atom stereocenters. The summed E-state index contributed by atoms with van der Waals surface area (Å²) in [5.41, 5.74) is -1.24. The van der Waals surface area contributed by atoms with Gasteiger partial charge in [-0.1, -0.05) is 26.7 Å². The molecule has 0 spiro atoms. The van der Waals surface area contributed by atoms with Crippen LogP contribution in [0.15, 0.2) is 0 Å². The van der Waals surface area contributed by atoms with E-state index in [2.05, 4.69) is 13.8 Å². The standard InChI is InChI=1S/C23H36O4/c1-15(24)27-14-20(25)23(26)13-10-19-17-8-7-16-6-4-5-11-21(16,2)18(17)9-12-22(19,23)3/h16-19,26H,4-14H2,1-3H3/t16-,17-,18+,19+,21+,22+,23+/m1/s1. The fourth-order valence-electron chi connectivity index (χ4n) is 8.06. The van der Waals surface area contributed by atoms with Gasteiger partial charge in [0.1, 0.15) is 5.60 Å². The molecule has 0 heterocycles. The van der Waals surface area contributed by atoms with Crippen LogP contribution in [0.2, 0.25) is 0 Å². The molecule has 4 aliphatic carbocycles. The number of carbonyl (C=O) groups excluding carboxylic acids is 2. The summed E-state index contributed by atoms with van der Waals surface area (Å²) in [7, 11) is 0. The molecule has 0 amide bonds. The number of esters is 1. The van der Waals surface area contributed by atoms with Crippen molar-refractivity contribution < 1.29 is 19.4 Å². The Kier molecular flexibility index (Phi) is 4.73. The highest BCUT2D eigenvalue weighted by Crippen LogP contribution is 2.68. The van der Waals surface area contributed by atoms with Gasteiger partial charge >= 0.3 is 5.97 Å². The third-order valence-electron chi connectivity index (χ3n) is 9.60. The molecule has 0 saturated heterocycles. The van der Waals surface area contributed by atoms with Crippen molar-refractivity contribution in [3.8, 4) is 0 Å². The van der Waals surface area contributed by atoms with E-state index in [4.69, 9.17) is 4.74 Å². The topological polar surface area (TPSA) is 63.6 Å². The molecule has 4 saturated carbocycles. The lowest BCUT2D eigenvalue weighted by Gasteiger charge is -2.61. The number of carbonyl (C=O) groups is 2. The van der Waals surface area contributed by atoms with Crippen molar-refractivity contribution in [1.82, 2.24) is 0 Å². The summed E-state index contributed by atoms with van der Waals surface area (Å²) in [6.45, 7) is 5.71. The molecule has 4 rings (SSSR count). The summed E-state index contributed by atoms with van der Waals surface area (Å²) in [5, 5.41) is 11.5. The molecule has 4 heteroatoms. The van der Waals surface area contributed by atoms with E-state index >= 15 is 0 Å². The number of rotatable bonds is 3. The second-order valence-corrected chi connectivity index (χ2v) is 10.5. The first-order valence-corrected chi connectivity index (χ1v) is 11.1. The van der Waals surface area contributed by atoms with Gasteiger partial charge in [-0.15, -0.1) is 0 Å². The van der Waals surface area contributed by atoms with E-state index in [0.717, 1.165) is 31.1 Å². The fourth-order valence-corrected chi connectivity index (χ4v) is 8.06. The van der Waals surface area contributed by atoms with Gasteiger partial charge in [-0.25, -0.2) is 0 Å². The summed E-state index contributed by atoms with van der Waals surface area (Å²) >= 11 is 0. The van der Waals surface area contributed by atoms with Crippen LogP contribution in [0, 0.1) is 34.5 Å². The van der Waals surface area contributed by atoms with Crippen LogP contribution in [-0.4, -0.2) is 29.1 Å². The van der Waals surface area contributed by atoms with E-state index in [0.29, 0.717) is 23.7 Å². The lowest BCUT2D eigenvalue weighted by Crippen LogP contribution is -2.59. The molecule has 4 nitrogen and oxygen atoms in total. The number of fused-ring (bicyclic) bond motifs is 5. The average Bonchev–Trinajstić information content (AvgIpc) is 2.91. The molecule has 1 N–H and O–H groups in total. The number of ketones is 1. The Labute approximate surface area is 163 Å². The number of hydrogen-bond donors (Lipinski definition) is 1. The largest absolute Gasteiger partial charge is 0.458 e. The minimum atomic E-state index is -1.33. The molecule has 0 aromatic carbocycles. The highest BCUT2D eigenvalue weighted by atomic mass is 16.5. The highest BCUT2D eigenvalue weighted by Gasteiger charge is 2.66. The molecular formula is C23H36O4. The van der Waals surface area contributed by atoms with Gasteiger partial charge in [0.25, 0.3) is 0 Å². The summed E-state index contributed by atoms with van der Waals surface area (Å²) in [6.07, 6.45) is 11.6. The zero-order valence-electron chi connectivity index (χ0n) is 17.3. The van der Waals surface area contributed by atoms with Crippen LogP contribution in [0.4, 0.5) is 0 Å². The van der Waals surface area contributed by atoms with E-state index in [1.54, 1.807) is 0 Å². The van der Waals surface area contributed by atoms with Crippen LogP contribution in [-0.2, 0) is 14.3 Å². The normalized spacial score (nSPS) is 48.9. The first kappa shape index (κ1) is 19.4. The van der Waals surface area contributed by atoms with Gasteiger partial charge in [0.15, 0.2) is 6.61 Å². The lowest BCUT2D eigenvalue weighted by atomic mass is 9.44. The van der Waals surface area contributed by atoms with Crippen molar-refractivity contribution in [3.05, 3.63) is 0 Å². The van der Waals surface area contributed by atoms with Crippen molar-refractivity contribution in [2.24, 2.45) is 34.5 Å². The SMILES string of the molecule is CC(=O)OCC(=O)[C@@]1(O)CC[C@H]2[C@@H]3CC[C@H]4CCCC[C@]4(C)[C@H]3CC[C@@]21C. The van der Waals surface area contributed by atoms with Crippen molar-refractivity contribution >= 4 is 11.8 Å². The van der Waals surface area contributed by atoms with Gasteiger partial charge < -0.3 is 9.84 Å². The van der Waals surface area contributed by atoms with Crippen LogP contribution in [0.25, 0.3) is 0 Å². The minimum absolute atomic E-state index is 0.290. The molecule has 4 fully saturated rings. The van der Waals surface area contributed by atoms with E-state index < -0.39 is 11.6 Å². The molecule has 0 aromatic rings. The van der Waals surface area contributed by atoms with E-state index in [-0.39, 0.29) is 17.8 Å². The van der Waals surface area contributed by atoms with Crippen molar-refractivity contribution in [3.63, 3.8) is 0 Å². The summed E-state index contributed by atoms with van der Waals surface area (Å²) in [4.78, 5) is 24.0. The fraction of sp³-hybridized carbons (Fsp3) is 0.913. The predicted octanol–water partition coefficient (Wildman–Crippen LogP) is 4.28. The molecule has 152 valence electrons. The molecule has 7 atom stereocenters. The van der Waals surface area contributed by atoms with Gasteiger partial charge in [0, 0.05) is 12.3 Å². The van der Waals surface area contributed by atoms with Gasteiger partial charge in [0.2, 0.25) is 5.78 Å². The number of aliphatic hydroxyl groups is 1. The first-order valence-electron chi connectivity index (χ1n) is 11.1. The predicted molar refractivity (Wildman–Crippen MR) is 103 cm³/mol. The molecule has 4 aliphatic rings. The quantitative estimate of drug-likeness (QED) is 0.747. The molecule has 0 aromatic heterocycles. The third-order valence-corrected chi connectivity index (χ3v) is 9.60. The molecular weight excluding hydrogens is 340 g/mol. The van der Waals surface area contributed by atoms with E-state index in [1.807, 2.05) is 0 Å². The second-order valence-electron chi connectivity index (χ2n) is 10.5. The Morgan fingerprint density at radius 1 is 0.963 bits per heavy atom. The van der Waals surface area contributed by atoms with E-state index in [1.165, 1.54) is 45.4 Å². The molecule has 0 radical (unpaired) electrons.